The van der Waals surface area contributed by atoms with Crippen LogP contribution in [0.2, 0.25) is 0 Å². The Morgan fingerprint density at radius 1 is 1.53 bits per heavy atom. The summed E-state index contributed by atoms with van der Waals surface area (Å²) < 4.78 is 0. The third kappa shape index (κ3) is 2.61. The minimum Gasteiger partial charge on any atom is -0.368 e. The number of hydrogen-bond acceptors (Lipinski definition) is 2. The summed E-state index contributed by atoms with van der Waals surface area (Å²) in [5.74, 6) is -0.425. The van der Waals surface area contributed by atoms with Gasteiger partial charge in [0.25, 0.3) is 0 Å². The highest BCUT2D eigenvalue weighted by Gasteiger charge is 2.37. The van der Waals surface area contributed by atoms with E-state index in [1.807, 2.05) is 20.8 Å². The van der Waals surface area contributed by atoms with Gasteiger partial charge < -0.3 is 16.0 Å². The highest BCUT2D eigenvalue weighted by atomic mass is 16.2. The number of nitrogens with two attached hydrogens (primary N) is 1. The minimum atomic E-state index is -0.425. The van der Waals surface area contributed by atoms with E-state index in [4.69, 9.17) is 5.73 Å². The molecule has 5 heteroatoms. The van der Waals surface area contributed by atoms with E-state index in [0.29, 0.717) is 13.0 Å². The Balaban J connectivity index is 2.52. The summed E-state index contributed by atoms with van der Waals surface area (Å²) in [5.41, 5.74) is 4.92. The van der Waals surface area contributed by atoms with Gasteiger partial charge in [-0.2, -0.15) is 0 Å². The normalized spacial score (nSPS) is 20.7. The summed E-state index contributed by atoms with van der Waals surface area (Å²) in [6, 6.07) is -0.616. The molecule has 3 amide bonds. The van der Waals surface area contributed by atoms with Crippen LogP contribution in [-0.2, 0) is 4.79 Å². The van der Waals surface area contributed by atoms with E-state index in [-0.39, 0.29) is 11.6 Å². The zero-order valence-electron chi connectivity index (χ0n) is 9.54. The molecule has 1 saturated heterocycles. The number of amides is 3. The monoisotopic (exact) mass is 213 g/mol. The largest absolute Gasteiger partial charge is 0.368 e. The lowest BCUT2D eigenvalue weighted by Crippen LogP contribution is -2.62. The Kier molecular flexibility index (Phi) is 3.21. The molecule has 15 heavy (non-hydrogen) atoms. The molecule has 0 aromatic heterocycles. The SMILES string of the molecule is CCC(C)(C)NC(=O)N1CCC1C(N)=O. The Hall–Kier alpha value is -1.26. The summed E-state index contributed by atoms with van der Waals surface area (Å²) >= 11 is 0. The Morgan fingerprint density at radius 3 is 2.47 bits per heavy atom. The van der Waals surface area contributed by atoms with Crippen LogP contribution in [0.3, 0.4) is 0 Å². The molecule has 1 aliphatic rings. The fourth-order valence-corrected chi connectivity index (χ4v) is 1.38. The van der Waals surface area contributed by atoms with E-state index in [1.165, 1.54) is 4.90 Å². The number of carbonyl (C=O) groups is 2. The van der Waals surface area contributed by atoms with Crippen molar-refractivity contribution in [2.45, 2.75) is 45.2 Å². The van der Waals surface area contributed by atoms with E-state index in [2.05, 4.69) is 5.32 Å². The maximum Gasteiger partial charge on any atom is 0.318 e. The van der Waals surface area contributed by atoms with E-state index in [0.717, 1.165) is 6.42 Å². The number of primary amides is 1. The molecule has 3 N–H and O–H groups in total. The third-order valence-electron chi connectivity index (χ3n) is 2.94. The van der Waals surface area contributed by atoms with E-state index >= 15 is 0 Å². The lowest BCUT2D eigenvalue weighted by Gasteiger charge is -2.40. The molecule has 1 rings (SSSR count). The second kappa shape index (κ2) is 4.08. The molecule has 5 nitrogen and oxygen atoms in total. The van der Waals surface area contributed by atoms with Crippen molar-refractivity contribution < 1.29 is 9.59 Å². The van der Waals surface area contributed by atoms with Crippen LogP contribution in [-0.4, -0.2) is 35.0 Å². The van der Waals surface area contributed by atoms with E-state index < -0.39 is 11.9 Å². The van der Waals surface area contributed by atoms with E-state index in [9.17, 15) is 9.59 Å². The van der Waals surface area contributed by atoms with Crippen LogP contribution >= 0.6 is 0 Å². The first-order valence-electron chi connectivity index (χ1n) is 5.25. The van der Waals surface area contributed by atoms with Gasteiger partial charge in [0.2, 0.25) is 5.91 Å². The number of likely N-dealkylation sites (tertiary alicyclic amines) is 1. The van der Waals surface area contributed by atoms with Gasteiger partial charge in [-0.3, -0.25) is 4.79 Å². The van der Waals surface area contributed by atoms with Crippen LogP contribution in [0.25, 0.3) is 0 Å². The summed E-state index contributed by atoms with van der Waals surface area (Å²) in [4.78, 5) is 24.1. The second-order valence-corrected chi connectivity index (χ2v) is 4.57. The van der Waals surface area contributed by atoms with E-state index in [1.54, 1.807) is 0 Å². The van der Waals surface area contributed by atoms with Gasteiger partial charge in [-0.1, -0.05) is 6.92 Å². The fraction of sp³-hybridized carbons (Fsp3) is 0.800. The third-order valence-corrected chi connectivity index (χ3v) is 2.94. The molecule has 0 saturated carbocycles. The van der Waals surface area contributed by atoms with Crippen molar-refractivity contribution in [1.82, 2.24) is 10.2 Å². The molecule has 1 heterocycles. The predicted octanol–water partition coefficient (Wildman–Crippen LogP) is 0.444. The fourth-order valence-electron chi connectivity index (χ4n) is 1.38. The standard InChI is InChI=1S/C10H19N3O2/c1-4-10(2,3)12-9(15)13-6-5-7(13)8(11)14/h7H,4-6H2,1-3H3,(H2,11,14)(H,12,15). The zero-order valence-corrected chi connectivity index (χ0v) is 9.54. The maximum atomic E-state index is 11.7. The highest BCUT2D eigenvalue weighted by Crippen LogP contribution is 2.18. The summed E-state index contributed by atoms with van der Waals surface area (Å²) in [5, 5.41) is 2.87. The Morgan fingerprint density at radius 2 is 2.13 bits per heavy atom. The number of carbonyl (C=O) groups excluding carboxylic acids is 2. The van der Waals surface area contributed by atoms with Crippen molar-refractivity contribution in [1.29, 1.82) is 0 Å². The second-order valence-electron chi connectivity index (χ2n) is 4.57. The molecule has 1 unspecified atom stereocenters. The van der Waals surface area contributed by atoms with Gasteiger partial charge in [-0.15, -0.1) is 0 Å². The van der Waals surface area contributed by atoms with Crippen molar-refractivity contribution in [2.24, 2.45) is 5.73 Å². The molecule has 0 aromatic carbocycles. The molecule has 0 aliphatic carbocycles. The first-order chi connectivity index (χ1) is 6.87. The number of urea groups is 1. The molecule has 1 fully saturated rings. The lowest BCUT2D eigenvalue weighted by molar-refractivity contribution is -0.125. The van der Waals surface area contributed by atoms with Crippen LogP contribution in [0.4, 0.5) is 4.79 Å². The molecule has 86 valence electrons. The van der Waals surface area contributed by atoms with Crippen LogP contribution in [0.5, 0.6) is 0 Å². The first kappa shape index (κ1) is 11.8. The molecular formula is C10H19N3O2. The average Bonchev–Trinajstić information content (AvgIpc) is 1.99. The van der Waals surface area contributed by atoms with Crippen LogP contribution < -0.4 is 11.1 Å². The molecule has 1 aliphatic heterocycles. The van der Waals surface area contributed by atoms with Crippen LogP contribution in [0.1, 0.15) is 33.6 Å². The number of nitrogens with zero attached hydrogens (tertiary/aromatic N) is 1. The van der Waals surface area contributed by atoms with Gasteiger partial charge in [0.05, 0.1) is 0 Å². The number of hydrogen-bond donors (Lipinski definition) is 2. The van der Waals surface area contributed by atoms with Gasteiger partial charge in [0, 0.05) is 12.1 Å². The van der Waals surface area contributed by atoms with Crippen molar-refractivity contribution in [2.75, 3.05) is 6.54 Å². The molecule has 0 aromatic rings. The molecule has 0 bridgehead atoms. The quantitative estimate of drug-likeness (QED) is 0.714. The minimum absolute atomic E-state index is 0.197. The number of rotatable bonds is 3. The molecule has 0 radical (unpaired) electrons. The summed E-state index contributed by atoms with van der Waals surface area (Å²) in [6.45, 7) is 6.51. The van der Waals surface area contributed by atoms with Crippen molar-refractivity contribution in [3.05, 3.63) is 0 Å². The first-order valence-corrected chi connectivity index (χ1v) is 5.25. The lowest BCUT2D eigenvalue weighted by atomic mass is 10.0. The summed E-state index contributed by atoms with van der Waals surface area (Å²) in [7, 11) is 0. The molecular weight excluding hydrogens is 194 g/mol. The van der Waals surface area contributed by atoms with Gasteiger partial charge in [-0.05, 0) is 26.7 Å². The average molecular weight is 213 g/mol. The Labute approximate surface area is 90.0 Å². The summed E-state index contributed by atoms with van der Waals surface area (Å²) in [6.07, 6.45) is 1.52. The van der Waals surface area contributed by atoms with Gasteiger partial charge in [-0.25, -0.2) is 4.79 Å². The number of nitrogens with one attached hydrogen (secondary N) is 1. The topological polar surface area (TPSA) is 75.4 Å². The highest BCUT2D eigenvalue weighted by molar-refractivity contribution is 5.87. The van der Waals surface area contributed by atoms with Crippen LogP contribution in [0.15, 0.2) is 0 Å². The predicted molar refractivity (Wildman–Crippen MR) is 57.2 cm³/mol. The van der Waals surface area contributed by atoms with Gasteiger partial charge in [0.15, 0.2) is 0 Å². The molecule has 1 atom stereocenters. The van der Waals surface area contributed by atoms with Crippen molar-refractivity contribution in [3.8, 4) is 0 Å². The maximum absolute atomic E-state index is 11.7. The van der Waals surface area contributed by atoms with Crippen LogP contribution in [0, 0.1) is 0 Å². The van der Waals surface area contributed by atoms with Crippen molar-refractivity contribution >= 4 is 11.9 Å². The smallest absolute Gasteiger partial charge is 0.318 e. The van der Waals surface area contributed by atoms with Crippen molar-refractivity contribution in [3.63, 3.8) is 0 Å². The van der Waals surface area contributed by atoms with Gasteiger partial charge in [0.1, 0.15) is 6.04 Å². The molecule has 0 spiro atoms. The zero-order chi connectivity index (χ0) is 11.6. The van der Waals surface area contributed by atoms with Gasteiger partial charge >= 0.3 is 6.03 Å². The Bertz CT molecular complexity index is 276.